The van der Waals surface area contributed by atoms with Gasteiger partial charge >= 0.3 is 18.3 Å². The van der Waals surface area contributed by atoms with Crippen LogP contribution in [0, 0.1) is 0 Å². The lowest BCUT2D eigenvalue weighted by molar-refractivity contribution is 0.0523. The van der Waals surface area contributed by atoms with E-state index in [2.05, 4.69) is 17.6 Å². The summed E-state index contributed by atoms with van der Waals surface area (Å²) < 4.78 is 21.8. The van der Waals surface area contributed by atoms with Crippen molar-refractivity contribution in [1.82, 2.24) is 15.5 Å². The molecule has 2 N–H and O–H groups in total. The zero-order chi connectivity index (χ0) is 27.7. The van der Waals surface area contributed by atoms with E-state index in [1.54, 1.807) is 29.2 Å². The van der Waals surface area contributed by atoms with Crippen molar-refractivity contribution in [2.75, 3.05) is 32.8 Å². The molecule has 0 unspecified atom stereocenters. The molecule has 3 rings (SSSR count). The molecule has 212 valence electrons. The highest BCUT2D eigenvalue weighted by Crippen LogP contribution is 2.24. The minimum absolute atomic E-state index is 0.213. The second-order valence-corrected chi connectivity index (χ2v) is 9.25. The summed E-state index contributed by atoms with van der Waals surface area (Å²) in [5.74, 6) is 1.79. The largest absolute Gasteiger partial charge is 0.457 e. The number of para-hydroxylation sites is 1. The van der Waals surface area contributed by atoms with Crippen molar-refractivity contribution >= 4 is 18.3 Å². The molecule has 1 heterocycles. The molecule has 1 aliphatic heterocycles. The number of hydrogen-bond donors (Lipinski definition) is 2. The van der Waals surface area contributed by atoms with Gasteiger partial charge in [0, 0.05) is 39.0 Å². The van der Waals surface area contributed by atoms with E-state index in [0.717, 1.165) is 31.4 Å². The lowest BCUT2D eigenvalue weighted by atomic mass is 10.1. The van der Waals surface area contributed by atoms with Crippen LogP contribution in [-0.4, -0.2) is 62.1 Å². The fraction of sp³-hybridized carbons (Fsp3) is 0.483. The zero-order valence-electron chi connectivity index (χ0n) is 22.6. The first-order valence-electron chi connectivity index (χ1n) is 13.7. The number of carbonyl (C=O) groups is 3. The van der Waals surface area contributed by atoms with Crippen molar-refractivity contribution in [3.05, 3.63) is 54.6 Å². The Morgan fingerprint density at radius 2 is 1.44 bits per heavy atom. The molecule has 1 fully saturated rings. The summed E-state index contributed by atoms with van der Waals surface area (Å²) in [7, 11) is 0. The molecule has 2 aromatic rings. The Bertz CT molecular complexity index is 1010. The van der Waals surface area contributed by atoms with E-state index in [1.165, 1.54) is 0 Å². The van der Waals surface area contributed by atoms with Crippen LogP contribution in [0.15, 0.2) is 54.6 Å². The number of ether oxygens (including phenoxy) is 4. The summed E-state index contributed by atoms with van der Waals surface area (Å²) in [5.41, 5.74) is 0. The molecule has 10 nitrogen and oxygen atoms in total. The Balaban J connectivity index is 1.24. The molecule has 0 radical (unpaired) electrons. The average molecular weight is 542 g/mol. The third-order valence-electron chi connectivity index (χ3n) is 6.10. The van der Waals surface area contributed by atoms with Crippen molar-refractivity contribution in [2.45, 2.75) is 58.0 Å². The summed E-state index contributed by atoms with van der Waals surface area (Å²) >= 11 is 0. The van der Waals surface area contributed by atoms with Gasteiger partial charge in [0.15, 0.2) is 0 Å². The molecule has 0 spiro atoms. The SMILES string of the molecule is CCCCCCNC(=O)OCCCNC(=O)OC1CCN(C(=O)Oc2ccc(Oc3ccccc3)cc2)CC1. The number of nitrogens with zero attached hydrogens (tertiary/aromatic N) is 1. The predicted molar refractivity (Wildman–Crippen MR) is 146 cm³/mol. The minimum Gasteiger partial charge on any atom is -0.457 e. The number of rotatable bonds is 13. The molecule has 0 saturated carbocycles. The van der Waals surface area contributed by atoms with Crippen LogP contribution >= 0.6 is 0 Å². The van der Waals surface area contributed by atoms with E-state index in [1.807, 2.05) is 30.3 Å². The lowest BCUT2D eigenvalue weighted by Gasteiger charge is -2.30. The van der Waals surface area contributed by atoms with Crippen molar-refractivity contribution in [2.24, 2.45) is 0 Å². The summed E-state index contributed by atoms with van der Waals surface area (Å²) in [6, 6.07) is 16.3. The molecule has 1 aliphatic rings. The maximum Gasteiger partial charge on any atom is 0.415 e. The molecule has 39 heavy (non-hydrogen) atoms. The van der Waals surface area contributed by atoms with Gasteiger partial charge in [0.1, 0.15) is 23.4 Å². The summed E-state index contributed by atoms with van der Waals surface area (Å²) in [4.78, 5) is 37.8. The van der Waals surface area contributed by atoms with Gasteiger partial charge in [-0.25, -0.2) is 14.4 Å². The number of hydrogen-bond acceptors (Lipinski definition) is 7. The lowest BCUT2D eigenvalue weighted by Crippen LogP contribution is -2.43. The van der Waals surface area contributed by atoms with Gasteiger partial charge < -0.3 is 34.5 Å². The van der Waals surface area contributed by atoms with Crippen molar-refractivity contribution in [1.29, 1.82) is 0 Å². The highest BCUT2D eigenvalue weighted by atomic mass is 16.6. The Morgan fingerprint density at radius 1 is 0.795 bits per heavy atom. The maximum atomic E-state index is 12.5. The second-order valence-electron chi connectivity index (χ2n) is 9.25. The molecular weight excluding hydrogens is 502 g/mol. The summed E-state index contributed by atoms with van der Waals surface area (Å²) in [6.07, 6.45) is 4.19. The van der Waals surface area contributed by atoms with Crippen molar-refractivity contribution in [3.8, 4) is 17.2 Å². The van der Waals surface area contributed by atoms with Crippen LogP contribution in [0.25, 0.3) is 0 Å². The molecule has 2 aromatic carbocycles. The van der Waals surface area contributed by atoms with Crippen LogP contribution in [0.1, 0.15) is 51.9 Å². The van der Waals surface area contributed by atoms with E-state index in [4.69, 9.17) is 18.9 Å². The third-order valence-corrected chi connectivity index (χ3v) is 6.10. The number of carbonyl (C=O) groups excluding carboxylic acids is 3. The molecule has 0 aromatic heterocycles. The van der Waals surface area contributed by atoms with Gasteiger partial charge in [-0.15, -0.1) is 0 Å². The van der Waals surface area contributed by atoms with Gasteiger partial charge in [-0.2, -0.15) is 0 Å². The fourth-order valence-corrected chi connectivity index (χ4v) is 3.94. The Kier molecular flexibility index (Phi) is 12.8. The fourth-order valence-electron chi connectivity index (χ4n) is 3.94. The second kappa shape index (κ2) is 16.8. The standard InChI is InChI=1S/C29H39N3O7/c1-2-3-4-8-18-30-27(33)36-22-9-19-31-28(34)38-26-16-20-32(21-17-26)29(35)39-25-14-12-24(13-15-25)37-23-10-6-5-7-11-23/h5-7,10-15,26H,2-4,8-9,16-22H2,1H3,(H,30,33)(H,31,34). The Labute approximate surface area is 229 Å². The van der Waals surface area contributed by atoms with Gasteiger partial charge in [-0.1, -0.05) is 44.4 Å². The van der Waals surface area contributed by atoms with Crippen molar-refractivity contribution in [3.63, 3.8) is 0 Å². The first kappa shape index (κ1) is 29.6. The van der Waals surface area contributed by atoms with Crippen LogP contribution in [0.3, 0.4) is 0 Å². The van der Waals surface area contributed by atoms with E-state index < -0.39 is 18.3 Å². The molecule has 3 amide bonds. The van der Waals surface area contributed by atoms with E-state index in [0.29, 0.717) is 56.9 Å². The van der Waals surface area contributed by atoms with Crippen LogP contribution in [0.2, 0.25) is 0 Å². The molecule has 0 aliphatic carbocycles. The number of nitrogens with one attached hydrogen (secondary N) is 2. The first-order valence-corrected chi connectivity index (χ1v) is 13.7. The summed E-state index contributed by atoms with van der Waals surface area (Å²) in [6.45, 7) is 4.14. The van der Waals surface area contributed by atoms with Crippen LogP contribution < -0.4 is 20.1 Å². The smallest absolute Gasteiger partial charge is 0.415 e. The number of benzene rings is 2. The average Bonchev–Trinajstić information content (AvgIpc) is 2.95. The molecular formula is C29H39N3O7. The van der Waals surface area contributed by atoms with E-state index in [9.17, 15) is 14.4 Å². The van der Waals surface area contributed by atoms with Crippen LogP contribution in [-0.2, 0) is 9.47 Å². The maximum absolute atomic E-state index is 12.5. The molecule has 0 bridgehead atoms. The number of amides is 3. The molecule has 10 heteroatoms. The Hall–Kier alpha value is -3.95. The third kappa shape index (κ3) is 11.5. The van der Waals surface area contributed by atoms with Gasteiger partial charge in [-0.3, -0.25) is 0 Å². The zero-order valence-corrected chi connectivity index (χ0v) is 22.6. The first-order chi connectivity index (χ1) is 19.0. The molecule has 0 atom stereocenters. The van der Waals surface area contributed by atoms with Crippen molar-refractivity contribution < 1.29 is 33.3 Å². The van der Waals surface area contributed by atoms with Crippen LogP contribution in [0.4, 0.5) is 14.4 Å². The Morgan fingerprint density at radius 3 is 2.15 bits per heavy atom. The number of unbranched alkanes of at least 4 members (excludes halogenated alkanes) is 3. The van der Waals surface area contributed by atoms with Crippen LogP contribution in [0.5, 0.6) is 17.2 Å². The number of piperidine rings is 1. The summed E-state index contributed by atoms with van der Waals surface area (Å²) in [5, 5.41) is 5.38. The van der Waals surface area contributed by atoms with Gasteiger partial charge in [0.2, 0.25) is 0 Å². The quantitative estimate of drug-likeness (QED) is 0.305. The molecule has 1 saturated heterocycles. The monoisotopic (exact) mass is 541 g/mol. The topological polar surface area (TPSA) is 115 Å². The predicted octanol–water partition coefficient (Wildman–Crippen LogP) is 5.86. The number of likely N-dealkylation sites (tertiary alicyclic amines) is 1. The highest BCUT2D eigenvalue weighted by Gasteiger charge is 2.26. The van der Waals surface area contributed by atoms with E-state index in [-0.39, 0.29) is 12.7 Å². The van der Waals surface area contributed by atoms with Gasteiger partial charge in [0.25, 0.3) is 0 Å². The van der Waals surface area contributed by atoms with E-state index >= 15 is 0 Å². The van der Waals surface area contributed by atoms with Gasteiger partial charge in [-0.05, 0) is 49.2 Å². The minimum atomic E-state index is -0.519. The normalized spacial score (nSPS) is 13.3. The van der Waals surface area contributed by atoms with Gasteiger partial charge in [0.05, 0.1) is 6.61 Å². The number of alkyl carbamates (subject to hydrolysis) is 2. The highest BCUT2D eigenvalue weighted by molar-refractivity contribution is 5.71.